The van der Waals surface area contributed by atoms with Gasteiger partial charge in [0, 0.05) is 24.4 Å². The first-order valence-electron chi connectivity index (χ1n) is 6.30. The molecule has 5 nitrogen and oxygen atoms in total. The van der Waals surface area contributed by atoms with Crippen LogP contribution in [0.25, 0.3) is 0 Å². The van der Waals surface area contributed by atoms with E-state index in [2.05, 4.69) is 17.6 Å². The van der Waals surface area contributed by atoms with Gasteiger partial charge in [0.15, 0.2) is 0 Å². The highest BCUT2D eigenvalue weighted by molar-refractivity contribution is 5.96. The van der Waals surface area contributed by atoms with E-state index in [1.54, 1.807) is 24.3 Å². The normalized spacial score (nSPS) is 20.7. The van der Waals surface area contributed by atoms with Crippen LogP contribution in [0.5, 0.6) is 0 Å². The second kappa shape index (κ2) is 5.84. The molecule has 2 amide bonds. The SMILES string of the molecule is COCC(=O)Nc1cccc(NC(=O)[C@@H]2C[C@@H]2C)c1. The van der Waals surface area contributed by atoms with E-state index in [1.165, 1.54) is 7.11 Å². The maximum atomic E-state index is 11.8. The molecule has 0 aliphatic heterocycles. The summed E-state index contributed by atoms with van der Waals surface area (Å²) in [5, 5.41) is 5.55. The minimum atomic E-state index is -0.221. The van der Waals surface area contributed by atoms with Gasteiger partial charge in [0.25, 0.3) is 0 Å². The summed E-state index contributed by atoms with van der Waals surface area (Å²) in [6.07, 6.45) is 0.954. The number of rotatable bonds is 5. The van der Waals surface area contributed by atoms with E-state index in [0.29, 0.717) is 17.3 Å². The Balaban J connectivity index is 1.95. The van der Waals surface area contributed by atoms with Crippen molar-refractivity contribution in [1.82, 2.24) is 0 Å². The highest BCUT2D eigenvalue weighted by atomic mass is 16.5. The Kier molecular flexibility index (Phi) is 4.16. The molecule has 1 aliphatic rings. The predicted octanol–water partition coefficient (Wildman–Crippen LogP) is 1.87. The zero-order valence-electron chi connectivity index (χ0n) is 11.1. The second-order valence-electron chi connectivity index (χ2n) is 4.87. The summed E-state index contributed by atoms with van der Waals surface area (Å²) in [6, 6.07) is 7.09. The molecule has 2 atom stereocenters. The smallest absolute Gasteiger partial charge is 0.250 e. The maximum absolute atomic E-state index is 11.8. The molecule has 102 valence electrons. The number of amides is 2. The van der Waals surface area contributed by atoms with Crippen molar-refractivity contribution in [3.05, 3.63) is 24.3 Å². The van der Waals surface area contributed by atoms with Gasteiger partial charge in [0.1, 0.15) is 6.61 Å². The molecule has 5 heteroatoms. The van der Waals surface area contributed by atoms with Gasteiger partial charge >= 0.3 is 0 Å². The van der Waals surface area contributed by atoms with Gasteiger partial charge in [-0.15, -0.1) is 0 Å². The Hall–Kier alpha value is -1.88. The first-order chi connectivity index (χ1) is 9.10. The standard InChI is InChI=1S/C14H18N2O3/c1-9-6-12(9)14(18)16-11-5-3-4-10(7-11)15-13(17)8-19-2/h3-5,7,9,12H,6,8H2,1-2H3,(H,15,17)(H,16,18)/t9-,12+/m0/s1. The van der Waals surface area contributed by atoms with Crippen LogP contribution in [-0.2, 0) is 14.3 Å². The molecule has 0 saturated heterocycles. The van der Waals surface area contributed by atoms with Crippen molar-refractivity contribution in [1.29, 1.82) is 0 Å². The zero-order valence-corrected chi connectivity index (χ0v) is 11.1. The summed E-state index contributed by atoms with van der Waals surface area (Å²) < 4.78 is 4.74. The molecule has 0 unspecified atom stereocenters. The predicted molar refractivity (Wildman–Crippen MR) is 72.8 cm³/mol. The topological polar surface area (TPSA) is 67.4 Å². The number of benzene rings is 1. The van der Waals surface area contributed by atoms with Crippen LogP contribution in [0.15, 0.2) is 24.3 Å². The monoisotopic (exact) mass is 262 g/mol. The lowest BCUT2D eigenvalue weighted by atomic mass is 10.2. The minimum Gasteiger partial charge on any atom is -0.375 e. The summed E-state index contributed by atoms with van der Waals surface area (Å²) in [4.78, 5) is 23.2. The number of carbonyl (C=O) groups is 2. The van der Waals surface area contributed by atoms with Crippen LogP contribution < -0.4 is 10.6 Å². The van der Waals surface area contributed by atoms with E-state index >= 15 is 0 Å². The molecule has 0 aromatic heterocycles. The molecule has 1 fully saturated rings. The lowest BCUT2D eigenvalue weighted by Crippen LogP contribution is -2.18. The molecule has 0 spiro atoms. The summed E-state index contributed by atoms with van der Waals surface area (Å²) in [7, 11) is 1.47. The summed E-state index contributed by atoms with van der Waals surface area (Å²) >= 11 is 0. The van der Waals surface area contributed by atoms with Gasteiger partial charge in [-0.3, -0.25) is 9.59 Å². The summed E-state index contributed by atoms with van der Waals surface area (Å²) in [5.74, 6) is 0.436. The third kappa shape index (κ3) is 3.79. The van der Waals surface area contributed by atoms with Gasteiger partial charge in [0.2, 0.25) is 11.8 Å². The minimum absolute atomic E-state index is 0.0101. The third-order valence-electron chi connectivity index (χ3n) is 3.14. The molecule has 2 N–H and O–H groups in total. The van der Waals surface area contributed by atoms with Crippen molar-refractivity contribution in [3.8, 4) is 0 Å². The van der Waals surface area contributed by atoms with Gasteiger partial charge in [0.05, 0.1) is 0 Å². The molecule has 0 heterocycles. The van der Waals surface area contributed by atoms with E-state index in [4.69, 9.17) is 4.74 Å². The quantitative estimate of drug-likeness (QED) is 0.851. The maximum Gasteiger partial charge on any atom is 0.250 e. The lowest BCUT2D eigenvalue weighted by molar-refractivity contribution is -0.119. The van der Waals surface area contributed by atoms with Crippen molar-refractivity contribution in [3.63, 3.8) is 0 Å². The van der Waals surface area contributed by atoms with Crippen LogP contribution in [-0.4, -0.2) is 25.5 Å². The third-order valence-corrected chi connectivity index (χ3v) is 3.14. The molecule has 1 aliphatic carbocycles. The highest BCUT2D eigenvalue weighted by Gasteiger charge is 2.39. The highest BCUT2D eigenvalue weighted by Crippen LogP contribution is 2.38. The molecule has 0 bridgehead atoms. The molecule has 19 heavy (non-hydrogen) atoms. The molecular weight excluding hydrogens is 244 g/mol. The number of hydrogen-bond donors (Lipinski definition) is 2. The molecule has 1 aromatic rings. The first-order valence-corrected chi connectivity index (χ1v) is 6.30. The Morgan fingerprint density at radius 1 is 1.32 bits per heavy atom. The van der Waals surface area contributed by atoms with Crippen LogP contribution in [0.1, 0.15) is 13.3 Å². The molecule has 1 saturated carbocycles. The van der Waals surface area contributed by atoms with Gasteiger partial charge < -0.3 is 15.4 Å². The fourth-order valence-corrected chi connectivity index (χ4v) is 1.93. The Morgan fingerprint density at radius 2 is 1.95 bits per heavy atom. The van der Waals surface area contributed by atoms with Crippen molar-refractivity contribution >= 4 is 23.2 Å². The van der Waals surface area contributed by atoms with Crippen LogP contribution in [0.3, 0.4) is 0 Å². The van der Waals surface area contributed by atoms with Gasteiger partial charge in [-0.1, -0.05) is 13.0 Å². The van der Waals surface area contributed by atoms with Crippen molar-refractivity contribution < 1.29 is 14.3 Å². The van der Waals surface area contributed by atoms with E-state index in [9.17, 15) is 9.59 Å². The molecular formula is C14H18N2O3. The Labute approximate surface area is 112 Å². The number of anilines is 2. The lowest BCUT2D eigenvalue weighted by Gasteiger charge is -2.08. The van der Waals surface area contributed by atoms with E-state index in [0.717, 1.165) is 6.42 Å². The van der Waals surface area contributed by atoms with Crippen LogP contribution in [0.2, 0.25) is 0 Å². The van der Waals surface area contributed by atoms with Gasteiger partial charge in [-0.05, 0) is 30.5 Å². The fourth-order valence-electron chi connectivity index (χ4n) is 1.93. The van der Waals surface area contributed by atoms with Crippen LogP contribution in [0, 0.1) is 11.8 Å². The Bertz CT molecular complexity index is 487. The number of methoxy groups -OCH3 is 1. The summed E-state index contributed by atoms with van der Waals surface area (Å²) in [5.41, 5.74) is 1.34. The number of nitrogens with one attached hydrogen (secondary N) is 2. The van der Waals surface area contributed by atoms with Crippen LogP contribution in [0.4, 0.5) is 11.4 Å². The Morgan fingerprint density at radius 3 is 2.53 bits per heavy atom. The number of hydrogen-bond acceptors (Lipinski definition) is 3. The second-order valence-corrected chi connectivity index (χ2v) is 4.87. The molecule has 1 aromatic carbocycles. The van der Waals surface area contributed by atoms with E-state index in [-0.39, 0.29) is 24.3 Å². The van der Waals surface area contributed by atoms with E-state index < -0.39 is 0 Å². The number of carbonyl (C=O) groups excluding carboxylic acids is 2. The van der Waals surface area contributed by atoms with Crippen molar-refractivity contribution in [2.75, 3.05) is 24.4 Å². The van der Waals surface area contributed by atoms with Gasteiger partial charge in [-0.2, -0.15) is 0 Å². The average Bonchev–Trinajstić information content (AvgIpc) is 3.07. The first kappa shape index (κ1) is 13.5. The fraction of sp³-hybridized carbons (Fsp3) is 0.429. The largest absolute Gasteiger partial charge is 0.375 e. The average molecular weight is 262 g/mol. The summed E-state index contributed by atoms with van der Waals surface area (Å²) in [6.45, 7) is 2.07. The van der Waals surface area contributed by atoms with Crippen molar-refractivity contribution in [2.24, 2.45) is 11.8 Å². The molecule has 0 radical (unpaired) electrons. The van der Waals surface area contributed by atoms with Crippen molar-refractivity contribution in [2.45, 2.75) is 13.3 Å². The van der Waals surface area contributed by atoms with Gasteiger partial charge in [-0.25, -0.2) is 0 Å². The zero-order chi connectivity index (χ0) is 13.8. The van der Waals surface area contributed by atoms with Crippen LogP contribution >= 0.6 is 0 Å². The molecule has 2 rings (SSSR count). The number of ether oxygens (including phenoxy) is 1. The van der Waals surface area contributed by atoms with E-state index in [1.807, 2.05) is 0 Å².